The number of carbonyl (C=O) groups is 1. The number of aromatic nitrogens is 1. The molecule has 28 heavy (non-hydrogen) atoms. The molecule has 2 atom stereocenters. The number of pyridine rings is 1. The van der Waals surface area contributed by atoms with Gasteiger partial charge in [0.2, 0.25) is 5.91 Å². The minimum atomic E-state index is -3.49. The van der Waals surface area contributed by atoms with E-state index in [2.05, 4.69) is 4.98 Å². The number of nitrogens with two attached hydrogens (primary N) is 2. The van der Waals surface area contributed by atoms with E-state index >= 15 is 0 Å². The lowest BCUT2D eigenvalue weighted by Crippen LogP contribution is -2.50. The van der Waals surface area contributed by atoms with Gasteiger partial charge in [0.05, 0.1) is 17.1 Å². The van der Waals surface area contributed by atoms with Crippen LogP contribution in [0.1, 0.15) is 13.3 Å². The van der Waals surface area contributed by atoms with E-state index in [1.54, 1.807) is 28.3 Å². The van der Waals surface area contributed by atoms with E-state index in [0.29, 0.717) is 24.9 Å². The zero-order valence-corrected chi connectivity index (χ0v) is 16.5. The van der Waals surface area contributed by atoms with E-state index in [4.69, 9.17) is 11.5 Å². The number of nitrogens with zero attached hydrogens (tertiary/aromatic N) is 3. The second-order valence-corrected chi connectivity index (χ2v) is 8.91. The molecule has 1 saturated heterocycles. The third kappa shape index (κ3) is 3.84. The first-order chi connectivity index (χ1) is 13.3. The molecule has 2 aromatic rings. The zero-order valence-electron chi connectivity index (χ0n) is 15.7. The molecular formula is C18H26FN5O3S. The van der Waals surface area contributed by atoms with Gasteiger partial charge in [-0.3, -0.25) is 18.9 Å². The molecule has 3 rings (SSSR count). The van der Waals surface area contributed by atoms with Gasteiger partial charge in [0.1, 0.15) is 0 Å². The Kier molecular flexibility index (Phi) is 6.18. The van der Waals surface area contributed by atoms with Gasteiger partial charge in [-0.25, -0.2) is 4.39 Å². The Morgan fingerprint density at radius 2 is 2.14 bits per heavy atom. The molecular weight excluding hydrogens is 385 g/mol. The number of hydrogen-bond donors (Lipinski definition) is 4. The average molecular weight is 412 g/mol. The van der Waals surface area contributed by atoms with Crippen molar-refractivity contribution in [1.82, 2.24) is 14.2 Å². The summed E-state index contributed by atoms with van der Waals surface area (Å²) in [7, 11) is -3.49. The van der Waals surface area contributed by atoms with Gasteiger partial charge in [0.25, 0.3) is 0 Å². The van der Waals surface area contributed by atoms with E-state index < -0.39 is 22.6 Å². The Morgan fingerprint density at radius 1 is 1.39 bits per heavy atom. The molecule has 1 aliphatic heterocycles. The fraction of sp³-hybridized carbons (Fsp3) is 0.444. The number of amides is 1. The number of benzene rings is 1. The maximum absolute atomic E-state index is 14.4. The van der Waals surface area contributed by atoms with Crippen LogP contribution in [-0.4, -0.2) is 67.5 Å². The Hall–Kier alpha value is -1.82. The quantitative estimate of drug-likeness (QED) is 0.601. The van der Waals surface area contributed by atoms with Crippen molar-refractivity contribution in [2.24, 2.45) is 11.5 Å². The van der Waals surface area contributed by atoms with Gasteiger partial charge in [0.15, 0.2) is 5.82 Å². The molecule has 0 spiro atoms. The van der Waals surface area contributed by atoms with Crippen molar-refractivity contribution in [3.8, 4) is 0 Å². The molecule has 1 aromatic heterocycles. The van der Waals surface area contributed by atoms with Crippen molar-refractivity contribution in [3.05, 3.63) is 36.4 Å². The average Bonchev–Trinajstić information content (AvgIpc) is 2.88. The molecule has 8 nitrogen and oxygen atoms in total. The van der Waals surface area contributed by atoms with Crippen molar-refractivity contribution in [1.29, 1.82) is 0 Å². The molecule has 1 aliphatic rings. The Labute approximate surface area is 164 Å². The molecule has 1 fully saturated rings. The van der Waals surface area contributed by atoms with Crippen LogP contribution >= 0.6 is 10.8 Å². The highest BCUT2D eigenvalue weighted by molar-refractivity contribution is 8.22. The molecule has 2 heterocycles. The largest absolute Gasteiger partial charge is 0.340 e. The first-order valence-electron chi connectivity index (χ1n) is 9.09. The van der Waals surface area contributed by atoms with Gasteiger partial charge in [-0.1, -0.05) is 12.1 Å². The number of halogens is 1. The van der Waals surface area contributed by atoms with Crippen LogP contribution in [0.5, 0.6) is 0 Å². The monoisotopic (exact) mass is 411 g/mol. The fourth-order valence-electron chi connectivity index (χ4n) is 3.57. The predicted molar refractivity (Wildman–Crippen MR) is 107 cm³/mol. The highest BCUT2D eigenvalue weighted by Crippen LogP contribution is 2.55. The molecule has 0 radical (unpaired) electrons. The predicted octanol–water partition coefficient (Wildman–Crippen LogP) is 1.61. The van der Waals surface area contributed by atoms with Crippen LogP contribution < -0.4 is 11.5 Å². The molecule has 1 aromatic carbocycles. The molecule has 10 heteroatoms. The second kappa shape index (κ2) is 8.27. The Bertz CT molecular complexity index is 863. The zero-order chi connectivity index (χ0) is 20.5. The number of fused-ring (bicyclic) bond motifs is 1. The smallest absolute Gasteiger partial charge is 0.240 e. The molecule has 0 aliphatic carbocycles. The summed E-state index contributed by atoms with van der Waals surface area (Å²) in [5.41, 5.74) is 11.3. The van der Waals surface area contributed by atoms with Crippen LogP contribution in [0.15, 0.2) is 35.5 Å². The van der Waals surface area contributed by atoms with E-state index in [1.165, 1.54) is 12.3 Å². The summed E-state index contributed by atoms with van der Waals surface area (Å²) in [4.78, 5) is 17.9. The van der Waals surface area contributed by atoms with Crippen LogP contribution in [-0.2, 0) is 4.79 Å². The van der Waals surface area contributed by atoms with E-state index in [0.717, 1.165) is 6.20 Å². The lowest BCUT2D eigenvalue weighted by atomic mass is 10.2. The lowest BCUT2D eigenvalue weighted by Gasteiger charge is -2.46. The summed E-state index contributed by atoms with van der Waals surface area (Å²) >= 11 is 0. The highest BCUT2D eigenvalue weighted by Gasteiger charge is 2.35. The highest BCUT2D eigenvalue weighted by atomic mass is 32.3. The maximum atomic E-state index is 14.4. The van der Waals surface area contributed by atoms with Crippen LogP contribution in [0.3, 0.4) is 0 Å². The van der Waals surface area contributed by atoms with Crippen molar-refractivity contribution < 1.29 is 18.3 Å². The number of rotatable bonds is 4. The Balaban J connectivity index is 1.93. The summed E-state index contributed by atoms with van der Waals surface area (Å²) in [6.45, 7) is 2.91. The van der Waals surface area contributed by atoms with Crippen LogP contribution in [0.25, 0.3) is 10.8 Å². The molecule has 0 unspecified atom stereocenters. The van der Waals surface area contributed by atoms with Crippen LogP contribution in [0.2, 0.25) is 0 Å². The lowest BCUT2D eigenvalue weighted by molar-refractivity contribution is -0.132. The summed E-state index contributed by atoms with van der Waals surface area (Å²) in [5.74, 6) is -0.865. The molecule has 0 saturated carbocycles. The SMILES string of the molecule is C[C@H]1CN(C(=O)[C@@H](N)CN)CCCN1S(O)(O)c1cccc2cncc(F)c12. The van der Waals surface area contributed by atoms with Gasteiger partial charge in [0, 0.05) is 49.2 Å². The summed E-state index contributed by atoms with van der Waals surface area (Å²) in [5, 5.41) is 0.637. The van der Waals surface area contributed by atoms with Crippen molar-refractivity contribution in [2.75, 3.05) is 26.2 Å². The van der Waals surface area contributed by atoms with Crippen LogP contribution in [0, 0.1) is 5.82 Å². The summed E-state index contributed by atoms with van der Waals surface area (Å²) < 4.78 is 38.3. The molecule has 1 amide bonds. The topological polar surface area (TPSA) is 129 Å². The van der Waals surface area contributed by atoms with Gasteiger partial charge in [-0.15, -0.1) is 10.8 Å². The Morgan fingerprint density at radius 3 is 2.86 bits per heavy atom. The minimum Gasteiger partial charge on any atom is -0.340 e. The van der Waals surface area contributed by atoms with Crippen molar-refractivity contribution >= 4 is 27.5 Å². The van der Waals surface area contributed by atoms with Crippen LogP contribution in [0.4, 0.5) is 4.39 Å². The van der Waals surface area contributed by atoms with Crippen molar-refractivity contribution in [2.45, 2.75) is 30.3 Å². The third-order valence-electron chi connectivity index (χ3n) is 4.99. The minimum absolute atomic E-state index is 0.0476. The number of hydrogen-bond acceptors (Lipinski definition) is 7. The first kappa shape index (κ1) is 20.9. The second-order valence-electron chi connectivity index (χ2n) is 6.96. The van der Waals surface area contributed by atoms with E-state index in [9.17, 15) is 18.3 Å². The molecule has 6 N–H and O–H groups in total. The molecule has 154 valence electrons. The third-order valence-corrected chi connectivity index (χ3v) is 7.11. The molecule has 0 bridgehead atoms. The van der Waals surface area contributed by atoms with Gasteiger partial charge in [-0.05, 0) is 19.4 Å². The van der Waals surface area contributed by atoms with E-state index in [1.807, 2.05) is 0 Å². The van der Waals surface area contributed by atoms with Gasteiger partial charge in [-0.2, -0.15) is 4.31 Å². The first-order valence-corrected chi connectivity index (χ1v) is 10.6. The summed E-state index contributed by atoms with van der Waals surface area (Å²) in [6, 6.07) is 3.68. The number of carbonyl (C=O) groups excluding carboxylic acids is 1. The fourth-order valence-corrected chi connectivity index (χ4v) is 5.52. The van der Waals surface area contributed by atoms with Gasteiger partial charge < -0.3 is 16.4 Å². The normalized spacial score (nSPS) is 20.8. The van der Waals surface area contributed by atoms with E-state index in [-0.39, 0.29) is 35.3 Å². The van der Waals surface area contributed by atoms with Crippen molar-refractivity contribution in [3.63, 3.8) is 0 Å². The summed E-state index contributed by atoms with van der Waals surface area (Å²) in [6.07, 6.45) is 3.07. The van der Waals surface area contributed by atoms with Gasteiger partial charge >= 0.3 is 0 Å². The standard InChI is InChI=1S/C18H26FN5O3S/c1-12-11-23(18(25)15(21)8-20)6-3-7-24(12)28(26,27)16-5-2-4-13-9-22-10-14(19)17(13)16/h2,4-5,9-10,12,15,26-27H,3,6-8,11,20-21H2,1H3/t12-,15-/m0/s1. The maximum Gasteiger partial charge on any atom is 0.240 e.